The molecule has 0 bridgehead atoms. The van der Waals surface area contributed by atoms with E-state index in [2.05, 4.69) is 12.2 Å². The smallest absolute Gasteiger partial charge is 0.0445 e. The largest absolute Gasteiger partial charge is 0.396 e. The van der Waals surface area contributed by atoms with Gasteiger partial charge in [-0.3, -0.25) is 0 Å². The number of hydrogen-bond donors (Lipinski definition) is 2. The van der Waals surface area contributed by atoms with Gasteiger partial charge in [0.25, 0.3) is 0 Å². The van der Waals surface area contributed by atoms with Gasteiger partial charge in [-0.15, -0.1) is 0 Å². The summed E-state index contributed by atoms with van der Waals surface area (Å²) in [5.41, 5.74) is 0. The molecule has 2 heteroatoms. The predicted molar refractivity (Wildman–Crippen MR) is 41.9 cm³/mol. The lowest BCUT2D eigenvalue weighted by molar-refractivity contribution is 0.268. The van der Waals surface area contributed by atoms with Crippen LogP contribution in [0.2, 0.25) is 0 Å². The van der Waals surface area contributed by atoms with E-state index in [0.717, 1.165) is 18.9 Å². The highest BCUT2D eigenvalue weighted by Gasteiger charge is 2.20. The molecule has 60 valence electrons. The molecule has 1 fully saturated rings. The van der Waals surface area contributed by atoms with Crippen LogP contribution in [0, 0.1) is 5.92 Å². The van der Waals surface area contributed by atoms with Gasteiger partial charge in [0.15, 0.2) is 0 Å². The number of hydrogen-bond acceptors (Lipinski definition) is 2. The molecule has 2 nitrogen and oxygen atoms in total. The van der Waals surface area contributed by atoms with Crippen molar-refractivity contribution < 1.29 is 5.11 Å². The molecule has 0 heterocycles. The van der Waals surface area contributed by atoms with Crippen molar-refractivity contribution in [2.24, 2.45) is 5.92 Å². The van der Waals surface area contributed by atoms with Gasteiger partial charge in [-0.05, 0) is 38.6 Å². The van der Waals surface area contributed by atoms with Crippen LogP contribution in [0.25, 0.3) is 0 Å². The van der Waals surface area contributed by atoms with E-state index in [4.69, 9.17) is 5.11 Å². The SMILES string of the molecule is C[C@@H](CCO)NCC1CC1. The second-order valence-electron chi connectivity index (χ2n) is 3.26. The summed E-state index contributed by atoms with van der Waals surface area (Å²) in [6.45, 7) is 3.58. The molecule has 0 aliphatic heterocycles. The highest BCUT2D eigenvalue weighted by atomic mass is 16.3. The van der Waals surface area contributed by atoms with Gasteiger partial charge in [-0.1, -0.05) is 0 Å². The van der Waals surface area contributed by atoms with E-state index in [1.54, 1.807) is 0 Å². The maximum atomic E-state index is 8.58. The second-order valence-corrected chi connectivity index (χ2v) is 3.26. The number of nitrogens with one attached hydrogen (secondary N) is 1. The summed E-state index contributed by atoms with van der Waals surface area (Å²) in [6.07, 6.45) is 3.68. The third-order valence-electron chi connectivity index (χ3n) is 2.01. The maximum Gasteiger partial charge on any atom is 0.0445 e. The predicted octanol–water partition coefficient (Wildman–Crippen LogP) is 0.757. The summed E-state index contributed by atoms with van der Waals surface area (Å²) < 4.78 is 0. The molecule has 2 N–H and O–H groups in total. The fourth-order valence-electron chi connectivity index (χ4n) is 0.986. The minimum absolute atomic E-state index is 0.304. The molecule has 0 saturated heterocycles. The molecule has 1 aliphatic carbocycles. The fourth-order valence-corrected chi connectivity index (χ4v) is 0.986. The lowest BCUT2D eigenvalue weighted by atomic mass is 10.2. The fraction of sp³-hybridized carbons (Fsp3) is 1.00. The number of aliphatic hydroxyl groups is 1. The van der Waals surface area contributed by atoms with Gasteiger partial charge >= 0.3 is 0 Å². The average molecular weight is 143 g/mol. The molecular weight excluding hydrogens is 126 g/mol. The highest BCUT2D eigenvalue weighted by Crippen LogP contribution is 2.27. The quantitative estimate of drug-likeness (QED) is 0.595. The normalized spacial score (nSPS) is 21.0. The molecule has 0 unspecified atom stereocenters. The van der Waals surface area contributed by atoms with Crippen molar-refractivity contribution in [3.05, 3.63) is 0 Å². The molecule has 0 aromatic rings. The second kappa shape index (κ2) is 3.94. The molecule has 0 aromatic carbocycles. The van der Waals surface area contributed by atoms with Crippen LogP contribution in [0.5, 0.6) is 0 Å². The standard InChI is InChI=1S/C8H17NO/c1-7(4-5-10)9-6-8-2-3-8/h7-10H,2-6H2,1H3/t7-/m0/s1. The lowest BCUT2D eigenvalue weighted by Gasteiger charge is -2.10. The van der Waals surface area contributed by atoms with E-state index >= 15 is 0 Å². The Kier molecular flexibility index (Phi) is 3.16. The van der Waals surface area contributed by atoms with E-state index in [-0.39, 0.29) is 0 Å². The van der Waals surface area contributed by atoms with Crippen molar-refractivity contribution in [1.29, 1.82) is 0 Å². The molecule has 0 spiro atoms. The zero-order chi connectivity index (χ0) is 7.40. The van der Waals surface area contributed by atoms with Crippen molar-refractivity contribution in [3.8, 4) is 0 Å². The molecule has 1 aliphatic rings. The molecule has 1 saturated carbocycles. The van der Waals surface area contributed by atoms with Crippen LogP contribution in [0.3, 0.4) is 0 Å². The van der Waals surface area contributed by atoms with Crippen molar-refractivity contribution in [1.82, 2.24) is 5.32 Å². The number of rotatable bonds is 5. The number of aliphatic hydroxyl groups excluding tert-OH is 1. The molecule has 0 aromatic heterocycles. The van der Waals surface area contributed by atoms with Gasteiger partial charge in [0, 0.05) is 12.6 Å². The van der Waals surface area contributed by atoms with Crippen LogP contribution in [0.4, 0.5) is 0 Å². The third kappa shape index (κ3) is 3.18. The Morgan fingerprint density at radius 1 is 1.60 bits per heavy atom. The van der Waals surface area contributed by atoms with Gasteiger partial charge in [-0.2, -0.15) is 0 Å². The minimum atomic E-state index is 0.304. The molecule has 1 rings (SSSR count). The highest BCUT2D eigenvalue weighted by molar-refractivity contribution is 4.76. The van der Waals surface area contributed by atoms with E-state index in [1.807, 2.05) is 0 Å². The molecule has 10 heavy (non-hydrogen) atoms. The summed E-state index contributed by atoms with van der Waals surface area (Å²) in [5, 5.41) is 12.0. The molecular formula is C8H17NO. The van der Waals surface area contributed by atoms with Crippen molar-refractivity contribution in [2.45, 2.75) is 32.2 Å². The first-order chi connectivity index (χ1) is 4.83. The molecule has 0 radical (unpaired) electrons. The van der Waals surface area contributed by atoms with Crippen molar-refractivity contribution in [3.63, 3.8) is 0 Å². The Hall–Kier alpha value is -0.0800. The first kappa shape index (κ1) is 8.02. The van der Waals surface area contributed by atoms with Gasteiger partial charge in [0.1, 0.15) is 0 Å². The molecule has 0 amide bonds. The first-order valence-electron chi connectivity index (χ1n) is 4.17. The van der Waals surface area contributed by atoms with E-state index in [1.165, 1.54) is 12.8 Å². The first-order valence-corrected chi connectivity index (χ1v) is 4.17. The van der Waals surface area contributed by atoms with E-state index < -0.39 is 0 Å². The van der Waals surface area contributed by atoms with Gasteiger partial charge in [0.2, 0.25) is 0 Å². The Bertz CT molecular complexity index is 91.3. The average Bonchev–Trinajstić information content (AvgIpc) is 2.67. The minimum Gasteiger partial charge on any atom is -0.396 e. The van der Waals surface area contributed by atoms with Gasteiger partial charge < -0.3 is 10.4 Å². The maximum absolute atomic E-state index is 8.58. The Balaban J connectivity index is 1.89. The monoisotopic (exact) mass is 143 g/mol. The summed E-state index contributed by atoms with van der Waals surface area (Å²) in [4.78, 5) is 0. The zero-order valence-electron chi connectivity index (χ0n) is 6.64. The Morgan fingerprint density at radius 2 is 2.30 bits per heavy atom. The van der Waals surface area contributed by atoms with Gasteiger partial charge in [0.05, 0.1) is 0 Å². The summed E-state index contributed by atoms with van der Waals surface area (Å²) >= 11 is 0. The van der Waals surface area contributed by atoms with Crippen LogP contribution in [-0.2, 0) is 0 Å². The van der Waals surface area contributed by atoms with Gasteiger partial charge in [-0.25, -0.2) is 0 Å². The van der Waals surface area contributed by atoms with Crippen LogP contribution in [-0.4, -0.2) is 24.3 Å². The van der Waals surface area contributed by atoms with Crippen LogP contribution in [0.15, 0.2) is 0 Å². The summed E-state index contributed by atoms with van der Waals surface area (Å²) in [7, 11) is 0. The Labute approximate surface area is 62.6 Å². The molecule has 1 atom stereocenters. The zero-order valence-corrected chi connectivity index (χ0v) is 6.64. The third-order valence-corrected chi connectivity index (χ3v) is 2.01. The summed E-state index contributed by atoms with van der Waals surface area (Å²) in [5.74, 6) is 0.946. The van der Waals surface area contributed by atoms with E-state index in [9.17, 15) is 0 Å². The van der Waals surface area contributed by atoms with Crippen LogP contribution < -0.4 is 5.32 Å². The van der Waals surface area contributed by atoms with Crippen molar-refractivity contribution in [2.75, 3.05) is 13.2 Å². The topological polar surface area (TPSA) is 32.3 Å². The van der Waals surface area contributed by atoms with Crippen LogP contribution >= 0.6 is 0 Å². The van der Waals surface area contributed by atoms with Crippen LogP contribution in [0.1, 0.15) is 26.2 Å². The van der Waals surface area contributed by atoms with E-state index in [0.29, 0.717) is 12.6 Å². The summed E-state index contributed by atoms with van der Waals surface area (Å²) in [6, 6.07) is 0.491. The Morgan fingerprint density at radius 3 is 2.80 bits per heavy atom. The van der Waals surface area contributed by atoms with Crippen molar-refractivity contribution >= 4 is 0 Å². The lowest BCUT2D eigenvalue weighted by Crippen LogP contribution is -2.28.